The Hall–Kier alpha value is -1.06. The highest BCUT2D eigenvalue weighted by Gasteiger charge is 2.35. The first-order chi connectivity index (χ1) is 6.43. The van der Waals surface area contributed by atoms with E-state index in [0.29, 0.717) is 0 Å². The second-order valence-corrected chi connectivity index (χ2v) is 4.45. The number of hydrogen-bond acceptors (Lipinski definition) is 2. The molecule has 0 atom stereocenters. The van der Waals surface area contributed by atoms with E-state index in [2.05, 4.69) is 0 Å². The number of carboxylic acids is 1. The molecular formula is C10H17NO3. The molecular weight excluding hydrogens is 182 g/mol. The van der Waals surface area contributed by atoms with Crippen LogP contribution >= 0.6 is 0 Å². The van der Waals surface area contributed by atoms with Crippen LogP contribution in [-0.4, -0.2) is 35.0 Å². The highest BCUT2D eigenvalue weighted by molar-refractivity contribution is 5.86. The molecule has 0 spiro atoms. The second kappa shape index (κ2) is 3.98. The van der Waals surface area contributed by atoms with Gasteiger partial charge < -0.3 is 10.0 Å². The first kappa shape index (κ1) is 11.0. The van der Waals surface area contributed by atoms with E-state index in [4.69, 9.17) is 5.11 Å². The molecule has 1 rings (SSSR count). The summed E-state index contributed by atoms with van der Waals surface area (Å²) in [7, 11) is 0. The minimum absolute atomic E-state index is 0.0302. The zero-order valence-electron chi connectivity index (χ0n) is 8.75. The molecule has 1 N–H and O–H groups in total. The Morgan fingerprint density at radius 1 is 1.29 bits per heavy atom. The van der Waals surface area contributed by atoms with Crippen molar-refractivity contribution in [3.05, 3.63) is 0 Å². The molecule has 1 amide bonds. The van der Waals surface area contributed by atoms with Crippen molar-refractivity contribution >= 4 is 11.9 Å². The lowest BCUT2D eigenvalue weighted by molar-refractivity contribution is -0.148. The molecule has 0 aromatic heterocycles. The van der Waals surface area contributed by atoms with Crippen molar-refractivity contribution in [1.29, 1.82) is 0 Å². The number of nitrogens with zero attached hydrogens (tertiary/aromatic N) is 1. The SMILES string of the molecule is CC(C)(CC(=O)O)C(=O)N1CCCC1. The lowest BCUT2D eigenvalue weighted by Gasteiger charge is -2.27. The molecule has 4 nitrogen and oxygen atoms in total. The van der Waals surface area contributed by atoms with Gasteiger partial charge in [-0.05, 0) is 12.8 Å². The summed E-state index contributed by atoms with van der Waals surface area (Å²) >= 11 is 0. The van der Waals surface area contributed by atoms with Crippen LogP contribution in [0.5, 0.6) is 0 Å². The number of likely N-dealkylation sites (tertiary alicyclic amines) is 1. The van der Waals surface area contributed by atoms with Gasteiger partial charge in [0, 0.05) is 13.1 Å². The number of aliphatic carboxylic acids is 1. The summed E-state index contributed by atoms with van der Waals surface area (Å²) in [5, 5.41) is 8.67. The molecule has 1 fully saturated rings. The third-order valence-electron chi connectivity index (χ3n) is 2.57. The summed E-state index contributed by atoms with van der Waals surface area (Å²) in [5.74, 6) is -0.944. The molecule has 0 bridgehead atoms. The molecule has 0 aromatic rings. The lowest BCUT2D eigenvalue weighted by Crippen LogP contribution is -2.40. The minimum atomic E-state index is -0.914. The van der Waals surface area contributed by atoms with Crippen LogP contribution in [0.1, 0.15) is 33.1 Å². The van der Waals surface area contributed by atoms with E-state index < -0.39 is 11.4 Å². The Labute approximate surface area is 83.9 Å². The van der Waals surface area contributed by atoms with Crippen molar-refractivity contribution in [1.82, 2.24) is 4.90 Å². The van der Waals surface area contributed by atoms with E-state index in [1.807, 2.05) is 0 Å². The summed E-state index contributed by atoms with van der Waals surface area (Å²) in [6.45, 7) is 4.95. The molecule has 1 aliphatic heterocycles. The van der Waals surface area contributed by atoms with E-state index in [-0.39, 0.29) is 12.3 Å². The van der Waals surface area contributed by atoms with E-state index in [1.54, 1.807) is 18.7 Å². The van der Waals surface area contributed by atoms with Crippen LogP contribution in [0.3, 0.4) is 0 Å². The average Bonchev–Trinajstić information content (AvgIpc) is 2.51. The second-order valence-electron chi connectivity index (χ2n) is 4.45. The van der Waals surface area contributed by atoms with Crippen molar-refractivity contribution in [2.45, 2.75) is 33.1 Å². The number of hydrogen-bond donors (Lipinski definition) is 1. The van der Waals surface area contributed by atoms with Crippen molar-refractivity contribution < 1.29 is 14.7 Å². The fourth-order valence-electron chi connectivity index (χ4n) is 1.80. The van der Waals surface area contributed by atoms with E-state index in [1.165, 1.54) is 0 Å². The third-order valence-corrected chi connectivity index (χ3v) is 2.57. The molecule has 0 saturated carbocycles. The van der Waals surface area contributed by atoms with Crippen LogP contribution in [0.15, 0.2) is 0 Å². The summed E-state index contributed by atoms with van der Waals surface area (Å²) < 4.78 is 0. The van der Waals surface area contributed by atoms with Crippen LogP contribution in [0.25, 0.3) is 0 Å². The molecule has 0 unspecified atom stereocenters. The van der Waals surface area contributed by atoms with Gasteiger partial charge >= 0.3 is 5.97 Å². The first-order valence-electron chi connectivity index (χ1n) is 4.95. The molecule has 1 saturated heterocycles. The van der Waals surface area contributed by atoms with Gasteiger partial charge in [-0.25, -0.2) is 0 Å². The van der Waals surface area contributed by atoms with Gasteiger partial charge in [0.05, 0.1) is 11.8 Å². The van der Waals surface area contributed by atoms with Crippen LogP contribution in [0.4, 0.5) is 0 Å². The number of carbonyl (C=O) groups is 2. The maximum atomic E-state index is 11.9. The van der Waals surface area contributed by atoms with Gasteiger partial charge in [0.25, 0.3) is 0 Å². The van der Waals surface area contributed by atoms with Crippen LogP contribution in [0, 0.1) is 5.41 Å². The topological polar surface area (TPSA) is 57.6 Å². The highest BCUT2D eigenvalue weighted by Crippen LogP contribution is 2.25. The van der Waals surface area contributed by atoms with Crippen molar-refractivity contribution in [2.75, 3.05) is 13.1 Å². The predicted molar refractivity (Wildman–Crippen MR) is 51.8 cm³/mol. The highest BCUT2D eigenvalue weighted by atomic mass is 16.4. The zero-order valence-corrected chi connectivity index (χ0v) is 8.75. The molecule has 1 heterocycles. The van der Waals surface area contributed by atoms with Gasteiger partial charge in [-0.1, -0.05) is 13.8 Å². The molecule has 80 valence electrons. The molecule has 0 aromatic carbocycles. The van der Waals surface area contributed by atoms with Gasteiger partial charge in [0.2, 0.25) is 5.91 Å². The minimum Gasteiger partial charge on any atom is -0.481 e. The smallest absolute Gasteiger partial charge is 0.304 e. The third kappa shape index (κ3) is 2.47. The Kier molecular flexibility index (Phi) is 3.13. The van der Waals surface area contributed by atoms with Crippen molar-refractivity contribution in [3.63, 3.8) is 0 Å². The van der Waals surface area contributed by atoms with E-state index >= 15 is 0 Å². The molecule has 4 heteroatoms. The van der Waals surface area contributed by atoms with Gasteiger partial charge in [0.1, 0.15) is 0 Å². The monoisotopic (exact) mass is 199 g/mol. The Morgan fingerprint density at radius 3 is 2.21 bits per heavy atom. The fourth-order valence-corrected chi connectivity index (χ4v) is 1.80. The summed E-state index contributed by atoms with van der Waals surface area (Å²) in [6, 6.07) is 0. The largest absolute Gasteiger partial charge is 0.481 e. The number of carboxylic acid groups (broad SMARTS) is 1. The zero-order chi connectivity index (χ0) is 10.8. The quantitative estimate of drug-likeness (QED) is 0.740. The van der Waals surface area contributed by atoms with Crippen LogP contribution in [-0.2, 0) is 9.59 Å². The standard InChI is InChI=1S/C10H17NO3/c1-10(2,7-8(12)13)9(14)11-5-3-4-6-11/h3-7H2,1-2H3,(H,12,13). The van der Waals surface area contributed by atoms with Crippen molar-refractivity contribution in [3.8, 4) is 0 Å². The Balaban J connectivity index is 2.61. The maximum Gasteiger partial charge on any atom is 0.304 e. The van der Waals surface area contributed by atoms with Crippen LogP contribution in [0.2, 0.25) is 0 Å². The van der Waals surface area contributed by atoms with Crippen LogP contribution < -0.4 is 0 Å². The molecule has 0 radical (unpaired) electrons. The van der Waals surface area contributed by atoms with Gasteiger partial charge in [-0.15, -0.1) is 0 Å². The predicted octanol–water partition coefficient (Wildman–Crippen LogP) is 1.11. The summed E-state index contributed by atoms with van der Waals surface area (Å²) in [4.78, 5) is 24.2. The first-order valence-corrected chi connectivity index (χ1v) is 4.95. The number of carbonyl (C=O) groups excluding carboxylic acids is 1. The average molecular weight is 199 g/mol. The Bertz CT molecular complexity index is 242. The lowest BCUT2D eigenvalue weighted by atomic mass is 9.88. The number of rotatable bonds is 3. The molecule has 0 aliphatic carbocycles. The summed E-state index contributed by atoms with van der Waals surface area (Å²) in [6.07, 6.45) is 1.98. The summed E-state index contributed by atoms with van der Waals surface area (Å²) in [5.41, 5.74) is -0.768. The molecule has 1 aliphatic rings. The van der Waals surface area contributed by atoms with Gasteiger partial charge in [0.15, 0.2) is 0 Å². The van der Waals surface area contributed by atoms with Gasteiger partial charge in [-0.3, -0.25) is 9.59 Å². The van der Waals surface area contributed by atoms with Crippen molar-refractivity contribution in [2.24, 2.45) is 5.41 Å². The fraction of sp³-hybridized carbons (Fsp3) is 0.800. The normalized spacial score (nSPS) is 17.1. The maximum absolute atomic E-state index is 11.9. The Morgan fingerprint density at radius 2 is 1.79 bits per heavy atom. The van der Waals surface area contributed by atoms with Gasteiger partial charge in [-0.2, -0.15) is 0 Å². The number of amides is 1. The van der Waals surface area contributed by atoms with E-state index in [9.17, 15) is 9.59 Å². The van der Waals surface area contributed by atoms with E-state index in [0.717, 1.165) is 25.9 Å². The molecule has 14 heavy (non-hydrogen) atoms.